The Balaban J connectivity index is 2.11. The van der Waals surface area contributed by atoms with E-state index in [0.717, 1.165) is 0 Å². The number of para-hydroxylation sites is 1. The van der Waals surface area contributed by atoms with E-state index in [9.17, 15) is 9.59 Å². The molecule has 1 aromatic heterocycles. The molecule has 2 rings (SSSR count). The molecule has 0 saturated heterocycles. The van der Waals surface area contributed by atoms with Gasteiger partial charge in [0.1, 0.15) is 12.3 Å². The molecule has 2 aromatic rings. The molecule has 0 aliphatic rings. The highest BCUT2D eigenvalue weighted by molar-refractivity contribution is 5.98. The Kier molecular flexibility index (Phi) is 5.24. The first-order valence-corrected chi connectivity index (χ1v) is 6.98. The molecule has 1 heterocycles. The number of rotatable bonds is 7. The van der Waals surface area contributed by atoms with Crippen molar-refractivity contribution in [1.29, 1.82) is 0 Å². The van der Waals surface area contributed by atoms with Crippen LogP contribution in [0.5, 0.6) is 5.75 Å². The molecule has 0 saturated carbocycles. The molecule has 116 valence electrons. The summed E-state index contributed by atoms with van der Waals surface area (Å²) in [6.45, 7) is 4.25. The summed E-state index contributed by atoms with van der Waals surface area (Å²) in [5, 5.41) is 7.46. The predicted molar refractivity (Wildman–Crippen MR) is 77.9 cm³/mol. The van der Waals surface area contributed by atoms with Crippen LogP contribution in [0.25, 0.3) is 0 Å². The fourth-order valence-corrected chi connectivity index (χ4v) is 1.88. The maximum absolute atomic E-state index is 12.3. The number of aromatic nitrogens is 3. The Hall–Kier alpha value is -2.70. The van der Waals surface area contributed by atoms with Gasteiger partial charge in [0.25, 0.3) is 0 Å². The van der Waals surface area contributed by atoms with Crippen molar-refractivity contribution in [2.75, 3.05) is 13.2 Å². The first-order valence-electron chi connectivity index (χ1n) is 6.98. The molecule has 7 heteroatoms. The van der Waals surface area contributed by atoms with Crippen LogP contribution in [0.3, 0.4) is 0 Å². The topological polar surface area (TPSA) is 83.3 Å². The van der Waals surface area contributed by atoms with Crippen molar-refractivity contribution in [2.24, 2.45) is 0 Å². The van der Waals surface area contributed by atoms with E-state index in [1.807, 2.05) is 6.92 Å². The van der Waals surface area contributed by atoms with Crippen LogP contribution in [0.2, 0.25) is 0 Å². The SMILES string of the molecule is CCOC(=O)c1cn(CC(=O)c2ccccc2OCC)nn1. The number of Topliss-reactive ketones (excluding diaryl/α,β-unsaturated/α-hetero) is 1. The predicted octanol–water partition coefficient (Wildman–Crippen LogP) is 1.74. The fourth-order valence-electron chi connectivity index (χ4n) is 1.88. The van der Waals surface area contributed by atoms with Crippen molar-refractivity contribution in [1.82, 2.24) is 15.0 Å². The van der Waals surface area contributed by atoms with E-state index in [-0.39, 0.29) is 24.6 Å². The number of carbonyl (C=O) groups is 2. The van der Waals surface area contributed by atoms with E-state index in [0.29, 0.717) is 17.9 Å². The van der Waals surface area contributed by atoms with Crippen molar-refractivity contribution in [2.45, 2.75) is 20.4 Å². The number of hydrogen-bond acceptors (Lipinski definition) is 6. The number of nitrogens with zero attached hydrogens (tertiary/aromatic N) is 3. The highest BCUT2D eigenvalue weighted by Gasteiger charge is 2.16. The highest BCUT2D eigenvalue weighted by Crippen LogP contribution is 2.19. The summed E-state index contributed by atoms with van der Waals surface area (Å²) in [7, 11) is 0. The van der Waals surface area contributed by atoms with E-state index in [1.54, 1.807) is 31.2 Å². The standard InChI is InChI=1S/C15H17N3O4/c1-3-21-14-8-6-5-7-11(14)13(19)10-18-9-12(16-17-18)15(20)22-4-2/h5-9H,3-4,10H2,1-2H3. The lowest BCUT2D eigenvalue weighted by molar-refractivity contribution is 0.0519. The molecule has 0 amide bonds. The number of hydrogen-bond donors (Lipinski definition) is 0. The Bertz CT molecular complexity index is 666. The minimum atomic E-state index is -0.559. The molecule has 0 aliphatic heterocycles. The minimum Gasteiger partial charge on any atom is -0.493 e. The Morgan fingerprint density at radius 3 is 2.68 bits per heavy atom. The van der Waals surface area contributed by atoms with Crippen molar-refractivity contribution in [3.8, 4) is 5.75 Å². The van der Waals surface area contributed by atoms with Crippen LogP contribution >= 0.6 is 0 Å². The Labute approximate surface area is 127 Å². The number of benzene rings is 1. The molecule has 0 aliphatic carbocycles. The van der Waals surface area contributed by atoms with Gasteiger partial charge in [-0.3, -0.25) is 4.79 Å². The number of ether oxygens (including phenoxy) is 2. The van der Waals surface area contributed by atoms with Gasteiger partial charge in [0.2, 0.25) is 0 Å². The van der Waals surface area contributed by atoms with Crippen molar-refractivity contribution in [3.63, 3.8) is 0 Å². The molecule has 0 fully saturated rings. The molecule has 22 heavy (non-hydrogen) atoms. The summed E-state index contributed by atoms with van der Waals surface area (Å²) >= 11 is 0. The molecule has 7 nitrogen and oxygen atoms in total. The normalized spacial score (nSPS) is 10.3. The smallest absolute Gasteiger partial charge is 0.360 e. The molecule has 0 bridgehead atoms. The molecule has 0 spiro atoms. The van der Waals surface area contributed by atoms with Crippen molar-refractivity contribution < 1.29 is 19.1 Å². The van der Waals surface area contributed by atoms with Gasteiger partial charge in [0.15, 0.2) is 11.5 Å². The third-order valence-corrected chi connectivity index (χ3v) is 2.82. The summed E-state index contributed by atoms with van der Waals surface area (Å²) in [6.07, 6.45) is 1.39. The summed E-state index contributed by atoms with van der Waals surface area (Å²) in [4.78, 5) is 23.8. The number of esters is 1. The Morgan fingerprint density at radius 2 is 1.95 bits per heavy atom. The summed E-state index contributed by atoms with van der Waals surface area (Å²) in [5.41, 5.74) is 0.547. The van der Waals surface area contributed by atoms with Gasteiger partial charge in [-0.05, 0) is 26.0 Å². The van der Waals surface area contributed by atoms with Crippen LogP contribution in [0.4, 0.5) is 0 Å². The van der Waals surface area contributed by atoms with Crippen LogP contribution in [0.15, 0.2) is 30.5 Å². The highest BCUT2D eigenvalue weighted by atomic mass is 16.5. The lowest BCUT2D eigenvalue weighted by Crippen LogP contribution is -2.12. The number of ketones is 1. The van der Waals surface area contributed by atoms with Crippen LogP contribution in [-0.2, 0) is 11.3 Å². The molecule has 0 radical (unpaired) electrons. The van der Waals surface area contributed by atoms with Crippen molar-refractivity contribution in [3.05, 3.63) is 41.7 Å². The van der Waals surface area contributed by atoms with Crippen LogP contribution in [0.1, 0.15) is 34.7 Å². The van der Waals surface area contributed by atoms with Gasteiger partial charge in [-0.15, -0.1) is 5.10 Å². The maximum Gasteiger partial charge on any atom is 0.360 e. The zero-order valence-electron chi connectivity index (χ0n) is 12.5. The van der Waals surface area contributed by atoms with Gasteiger partial charge in [0.05, 0.1) is 25.0 Å². The largest absolute Gasteiger partial charge is 0.493 e. The van der Waals surface area contributed by atoms with Gasteiger partial charge in [0, 0.05) is 0 Å². The van der Waals surface area contributed by atoms with E-state index in [4.69, 9.17) is 9.47 Å². The number of carbonyl (C=O) groups excluding carboxylic acids is 2. The van der Waals surface area contributed by atoms with Gasteiger partial charge in [-0.25, -0.2) is 9.48 Å². The molecule has 1 aromatic carbocycles. The third kappa shape index (κ3) is 3.69. The molecule has 0 atom stereocenters. The Morgan fingerprint density at radius 1 is 1.18 bits per heavy atom. The zero-order valence-corrected chi connectivity index (χ0v) is 12.5. The second-order valence-corrected chi connectivity index (χ2v) is 4.37. The summed E-state index contributed by atoms with van der Waals surface area (Å²) in [5.74, 6) is -0.207. The molecular weight excluding hydrogens is 286 g/mol. The average molecular weight is 303 g/mol. The van der Waals surface area contributed by atoms with Gasteiger partial charge < -0.3 is 9.47 Å². The summed E-state index contributed by atoms with van der Waals surface area (Å²) in [6, 6.07) is 7.00. The molecule has 0 N–H and O–H groups in total. The summed E-state index contributed by atoms with van der Waals surface area (Å²) < 4.78 is 11.6. The average Bonchev–Trinajstić information content (AvgIpc) is 2.97. The van der Waals surface area contributed by atoms with Gasteiger partial charge in [-0.2, -0.15) is 0 Å². The van der Waals surface area contributed by atoms with E-state index >= 15 is 0 Å². The third-order valence-electron chi connectivity index (χ3n) is 2.82. The quantitative estimate of drug-likeness (QED) is 0.572. The van der Waals surface area contributed by atoms with E-state index < -0.39 is 5.97 Å². The first kappa shape index (κ1) is 15.7. The monoisotopic (exact) mass is 303 g/mol. The van der Waals surface area contributed by atoms with Crippen LogP contribution in [-0.4, -0.2) is 40.0 Å². The zero-order chi connectivity index (χ0) is 15.9. The van der Waals surface area contributed by atoms with E-state index in [1.165, 1.54) is 10.9 Å². The van der Waals surface area contributed by atoms with E-state index in [2.05, 4.69) is 10.3 Å². The fraction of sp³-hybridized carbons (Fsp3) is 0.333. The second kappa shape index (κ2) is 7.35. The van der Waals surface area contributed by atoms with Crippen LogP contribution < -0.4 is 4.74 Å². The van der Waals surface area contributed by atoms with Gasteiger partial charge >= 0.3 is 5.97 Å². The van der Waals surface area contributed by atoms with Crippen molar-refractivity contribution >= 4 is 11.8 Å². The van der Waals surface area contributed by atoms with Gasteiger partial charge in [-0.1, -0.05) is 17.3 Å². The molecular formula is C15H17N3O4. The maximum atomic E-state index is 12.3. The second-order valence-electron chi connectivity index (χ2n) is 4.37. The van der Waals surface area contributed by atoms with Crippen LogP contribution in [0, 0.1) is 0 Å². The first-order chi connectivity index (χ1) is 10.7. The lowest BCUT2D eigenvalue weighted by atomic mass is 10.1. The lowest BCUT2D eigenvalue weighted by Gasteiger charge is -2.08. The molecule has 0 unspecified atom stereocenters. The minimum absolute atomic E-state index is 0.0313.